The predicted octanol–water partition coefficient (Wildman–Crippen LogP) is 3.00. The first-order valence-electron chi connectivity index (χ1n) is 6.73. The summed E-state index contributed by atoms with van der Waals surface area (Å²) >= 11 is 0. The fraction of sp³-hybridized carbons (Fsp3) is 0.857. The van der Waals surface area contributed by atoms with Gasteiger partial charge in [0, 0.05) is 25.4 Å². The van der Waals surface area contributed by atoms with Crippen LogP contribution in [0.2, 0.25) is 0 Å². The van der Waals surface area contributed by atoms with Gasteiger partial charge in [0.15, 0.2) is 0 Å². The molecule has 1 rings (SSSR count). The average molecular weight is 255 g/mol. The molecule has 0 aromatic carbocycles. The molecule has 0 aromatic rings. The minimum Gasteiger partial charge on any atom is -0.444 e. The Hall–Kier alpha value is -1.06. The van der Waals surface area contributed by atoms with Gasteiger partial charge in [-0.3, -0.25) is 4.79 Å². The van der Waals surface area contributed by atoms with Crippen LogP contribution in [0.5, 0.6) is 0 Å². The fourth-order valence-corrected chi connectivity index (χ4v) is 2.10. The number of rotatable bonds is 4. The molecule has 18 heavy (non-hydrogen) atoms. The molecule has 1 aliphatic rings. The van der Waals surface area contributed by atoms with E-state index in [9.17, 15) is 9.59 Å². The van der Waals surface area contributed by atoms with Gasteiger partial charge in [-0.1, -0.05) is 6.92 Å². The first-order chi connectivity index (χ1) is 8.24. The van der Waals surface area contributed by atoms with Crippen molar-refractivity contribution in [2.75, 3.05) is 7.05 Å². The third-order valence-corrected chi connectivity index (χ3v) is 3.29. The van der Waals surface area contributed by atoms with Crippen molar-refractivity contribution in [2.24, 2.45) is 5.92 Å². The van der Waals surface area contributed by atoms with E-state index in [1.54, 1.807) is 11.9 Å². The summed E-state index contributed by atoms with van der Waals surface area (Å²) < 4.78 is 5.30. The second kappa shape index (κ2) is 5.72. The number of hydrogen-bond acceptors (Lipinski definition) is 3. The van der Waals surface area contributed by atoms with Gasteiger partial charge in [0.1, 0.15) is 11.4 Å². The fourth-order valence-electron chi connectivity index (χ4n) is 2.10. The molecule has 1 saturated carbocycles. The molecule has 0 saturated heterocycles. The highest BCUT2D eigenvalue weighted by Crippen LogP contribution is 2.33. The minimum atomic E-state index is -0.466. The largest absolute Gasteiger partial charge is 0.444 e. The van der Waals surface area contributed by atoms with E-state index >= 15 is 0 Å². The molecule has 0 aliphatic heterocycles. The Labute approximate surface area is 110 Å². The number of carbonyl (C=O) groups excluding carboxylic acids is 2. The summed E-state index contributed by atoms with van der Waals surface area (Å²) in [6.07, 6.45) is 2.84. The van der Waals surface area contributed by atoms with Crippen LogP contribution >= 0.6 is 0 Å². The summed E-state index contributed by atoms with van der Waals surface area (Å²) in [5.74, 6) is 0.492. The summed E-state index contributed by atoms with van der Waals surface area (Å²) in [7, 11) is 1.75. The Morgan fingerprint density at radius 1 is 1.28 bits per heavy atom. The Bertz CT molecular complexity index is 313. The summed E-state index contributed by atoms with van der Waals surface area (Å²) in [6, 6.07) is 0.158. The van der Waals surface area contributed by atoms with Crippen LogP contribution in [0.3, 0.4) is 0 Å². The Morgan fingerprint density at radius 3 is 2.28 bits per heavy atom. The van der Waals surface area contributed by atoms with E-state index in [2.05, 4.69) is 0 Å². The van der Waals surface area contributed by atoms with E-state index in [-0.39, 0.29) is 18.1 Å². The number of amides is 1. The molecule has 0 aromatic heterocycles. The maximum atomic E-state index is 11.8. The van der Waals surface area contributed by atoms with Gasteiger partial charge >= 0.3 is 6.09 Å². The third-order valence-electron chi connectivity index (χ3n) is 3.29. The summed E-state index contributed by atoms with van der Waals surface area (Å²) in [5.41, 5.74) is -0.466. The summed E-state index contributed by atoms with van der Waals surface area (Å²) in [5, 5.41) is 0. The second-order valence-corrected chi connectivity index (χ2v) is 6.13. The van der Waals surface area contributed by atoms with Gasteiger partial charge in [-0.25, -0.2) is 4.79 Å². The van der Waals surface area contributed by atoms with E-state index in [0.29, 0.717) is 12.2 Å². The molecule has 4 nitrogen and oxygen atoms in total. The van der Waals surface area contributed by atoms with Crippen LogP contribution in [0.25, 0.3) is 0 Å². The molecule has 1 fully saturated rings. The van der Waals surface area contributed by atoms with Crippen molar-refractivity contribution in [1.82, 2.24) is 4.90 Å². The van der Waals surface area contributed by atoms with Gasteiger partial charge < -0.3 is 9.64 Å². The molecule has 1 aliphatic carbocycles. The molecule has 0 heterocycles. The number of nitrogens with zero attached hydrogens (tertiary/aromatic N) is 1. The number of hydrogen-bond donors (Lipinski definition) is 0. The van der Waals surface area contributed by atoms with Crippen molar-refractivity contribution in [3.63, 3.8) is 0 Å². The van der Waals surface area contributed by atoms with Crippen molar-refractivity contribution >= 4 is 11.9 Å². The number of ether oxygens (including phenoxy) is 1. The summed E-state index contributed by atoms with van der Waals surface area (Å²) in [4.78, 5) is 25.1. The van der Waals surface area contributed by atoms with Crippen LogP contribution in [-0.2, 0) is 9.53 Å². The van der Waals surface area contributed by atoms with Crippen LogP contribution in [0, 0.1) is 5.92 Å². The van der Waals surface area contributed by atoms with Crippen molar-refractivity contribution < 1.29 is 14.3 Å². The second-order valence-electron chi connectivity index (χ2n) is 6.13. The lowest BCUT2D eigenvalue weighted by Gasteiger charge is -2.40. The molecule has 0 N–H and O–H groups in total. The monoisotopic (exact) mass is 255 g/mol. The zero-order valence-corrected chi connectivity index (χ0v) is 12.2. The average Bonchev–Trinajstić information content (AvgIpc) is 2.12. The first-order valence-corrected chi connectivity index (χ1v) is 6.73. The van der Waals surface area contributed by atoms with E-state index in [4.69, 9.17) is 4.74 Å². The molecule has 0 unspecified atom stereocenters. The molecule has 0 bridgehead atoms. The Morgan fingerprint density at radius 2 is 1.83 bits per heavy atom. The number of ketones is 1. The van der Waals surface area contributed by atoms with Crippen molar-refractivity contribution in [1.29, 1.82) is 0 Å². The Kier molecular flexibility index (Phi) is 4.77. The van der Waals surface area contributed by atoms with E-state index in [0.717, 1.165) is 19.3 Å². The van der Waals surface area contributed by atoms with Crippen molar-refractivity contribution in [3.05, 3.63) is 0 Å². The third kappa shape index (κ3) is 4.00. The van der Waals surface area contributed by atoms with Gasteiger partial charge in [-0.05, 0) is 40.0 Å². The lowest BCUT2D eigenvalue weighted by Crippen LogP contribution is -2.49. The van der Waals surface area contributed by atoms with Crippen molar-refractivity contribution in [2.45, 2.75) is 65.0 Å². The van der Waals surface area contributed by atoms with Crippen LogP contribution in [0.1, 0.15) is 53.4 Å². The van der Waals surface area contributed by atoms with Crippen LogP contribution < -0.4 is 0 Å². The standard InChI is InChI=1S/C14H25NO3/c1-6-7-12(16)10-8-11(9-10)15(5)13(17)18-14(2,3)4/h10-11H,6-9H2,1-5H3. The van der Waals surface area contributed by atoms with Crippen LogP contribution in [0.4, 0.5) is 4.79 Å². The smallest absolute Gasteiger partial charge is 0.410 e. The highest BCUT2D eigenvalue weighted by molar-refractivity contribution is 5.82. The lowest BCUT2D eigenvalue weighted by molar-refractivity contribution is -0.127. The maximum absolute atomic E-state index is 11.8. The molecule has 0 spiro atoms. The van der Waals surface area contributed by atoms with Gasteiger partial charge in [0.05, 0.1) is 0 Å². The van der Waals surface area contributed by atoms with Gasteiger partial charge in [0.25, 0.3) is 0 Å². The van der Waals surface area contributed by atoms with Crippen LogP contribution in [-0.4, -0.2) is 35.5 Å². The zero-order valence-electron chi connectivity index (χ0n) is 12.2. The van der Waals surface area contributed by atoms with Crippen LogP contribution in [0.15, 0.2) is 0 Å². The topological polar surface area (TPSA) is 46.6 Å². The zero-order chi connectivity index (χ0) is 13.9. The predicted molar refractivity (Wildman–Crippen MR) is 70.4 cm³/mol. The minimum absolute atomic E-state index is 0.153. The lowest BCUT2D eigenvalue weighted by atomic mass is 9.76. The van der Waals surface area contributed by atoms with Gasteiger partial charge in [0.2, 0.25) is 0 Å². The molecule has 0 radical (unpaired) electrons. The molecule has 0 atom stereocenters. The SMILES string of the molecule is CCCC(=O)C1CC(N(C)C(=O)OC(C)(C)C)C1. The number of Topliss-reactive ketones (excluding diaryl/α,β-unsaturated/α-hetero) is 1. The normalized spacial score (nSPS) is 23.2. The van der Waals surface area contributed by atoms with E-state index in [1.807, 2.05) is 27.7 Å². The van der Waals surface area contributed by atoms with Gasteiger partial charge in [-0.2, -0.15) is 0 Å². The number of carbonyl (C=O) groups is 2. The molecular weight excluding hydrogens is 230 g/mol. The molecule has 1 amide bonds. The van der Waals surface area contributed by atoms with Crippen molar-refractivity contribution in [3.8, 4) is 0 Å². The summed E-state index contributed by atoms with van der Waals surface area (Å²) in [6.45, 7) is 7.58. The molecular formula is C14H25NO3. The molecule has 104 valence electrons. The van der Waals surface area contributed by atoms with E-state index in [1.165, 1.54) is 0 Å². The quantitative estimate of drug-likeness (QED) is 0.775. The Balaban J connectivity index is 2.37. The highest BCUT2D eigenvalue weighted by atomic mass is 16.6. The van der Waals surface area contributed by atoms with Gasteiger partial charge in [-0.15, -0.1) is 0 Å². The molecule has 4 heteroatoms. The van der Waals surface area contributed by atoms with E-state index < -0.39 is 5.60 Å². The maximum Gasteiger partial charge on any atom is 0.410 e. The highest BCUT2D eigenvalue weighted by Gasteiger charge is 2.38. The first kappa shape index (κ1) is 15.0.